The highest BCUT2D eigenvalue weighted by Gasteiger charge is 2.25. The van der Waals surface area contributed by atoms with Gasteiger partial charge >= 0.3 is 0 Å². The molecule has 1 fully saturated rings. The molecule has 0 saturated heterocycles. The van der Waals surface area contributed by atoms with Crippen LogP contribution in [0.5, 0.6) is 0 Å². The molecule has 1 saturated carbocycles. The summed E-state index contributed by atoms with van der Waals surface area (Å²) in [6.07, 6.45) is 2.45. The number of aromatic nitrogens is 5. The topological polar surface area (TPSA) is 120 Å². The van der Waals surface area contributed by atoms with Crippen LogP contribution in [0.15, 0.2) is 22.7 Å². The zero-order valence-electron chi connectivity index (χ0n) is 20.0. The summed E-state index contributed by atoms with van der Waals surface area (Å²) < 4.78 is 5.43. The van der Waals surface area contributed by atoms with Gasteiger partial charge in [0, 0.05) is 42.9 Å². The Hall–Kier alpha value is -3.14. The molecule has 178 valence electrons. The second-order valence-corrected chi connectivity index (χ2v) is 8.75. The van der Waals surface area contributed by atoms with Gasteiger partial charge in [0.2, 0.25) is 5.95 Å². The number of hydrogen-bond acceptors (Lipinski definition) is 9. The molecule has 3 aromatic heterocycles. The highest BCUT2D eigenvalue weighted by molar-refractivity contribution is 5.59. The van der Waals surface area contributed by atoms with Crippen molar-refractivity contribution < 1.29 is 4.52 Å². The Morgan fingerprint density at radius 3 is 2.55 bits per heavy atom. The summed E-state index contributed by atoms with van der Waals surface area (Å²) in [5.74, 6) is 4.37. The van der Waals surface area contributed by atoms with Crippen LogP contribution in [0, 0.1) is 0 Å². The molecule has 1 aliphatic rings. The molecule has 0 amide bonds. The molecular weight excluding hydrogens is 418 g/mol. The van der Waals surface area contributed by atoms with Crippen LogP contribution in [0.2, 0.25) is 0 Å². The maximum atomic E-state index is 5.43. The number of aromatic amines is 1. The predicted molar refractivity (Wildman–Crippen MR) is 130 cm³/mol. The maximum Gasteiger partial charge on any atom is 0.227 e. The smallest absolute Gasteiger partial charge is 0.227 e. The van der Waals surface area contributed by atoms with Crippen molar-refractivity contribution in [3.63, 3.8) is 0 Å². The van der Waals surface area contributed by atoms with Crippen molar-refractivity contribution in [2.75, 3.05) is 42.1 Å². The van der Waals surface area contributed by atoms with Crippen molar-refractivity contribution in [2.24, 2.45) is 0 Å². The van der Waals surface area contributed by atoms with Crippen LogP contribution in [0.4, 0.5) is 23.4 Å². The number of nitrogens with one attached hydrogen (secondary N) is 4. The summed E-state index contributed by atoms with van der Waals surface area (Å²) in [6, 6.07) is 5.93. The highest BCUT2D eigenvalue weighted by Crippen LogP contribution is 2.39. The second-order valence-electron chi connectivity index (χ2n) is 8.75. The lowest BCUT2D eigenvalue weighted by atomic mass is 10.1. The van der Waals surface area contributed by atoms with Crippen molar-refractivity contribution >= 4 is 23.4 Å². The minimum absolute atomic E-state index is 0.322. The molecule has 0 atom stereocenters. The number of hydrogen-bond donors (Lipinski definition) is 4. The summed E-state index contributed by atoms with van der Waals surface area (Å²) in [5, 5.41) is 21.6. The van der Waals surface area contributed by atoms with Gasteiger partial charge in [-0.15, -0.1) is 0 Å². The van der Waals surface area contributed by atoms with Gasteiger partial charge in [-0.05, 0) is 31.8 Å². The first kappa shape index (κ1) is 23.0. The Bertz CT molecular complexity index is 1020. The van der Waals surface area contributed by atoms with E-state index < -0.39 is 0 Å². The summed E-state index contributed by atoms with van der Waals surface area (Å²) >= 11 is 0. The molecule has 4 rings (SSSR count). The van der Waals surface area contributed by atoms with Gasteiger partial charge in [0.15, 0.2) is 11.6 Å². The van der Waals surface area contributed by atoms with Gasteiger partial charge in [-0.25, -0.2) is 0 Å². The zero-order chi connectivity index (χ0) is 23.2. The van der Waals surface area contributed by atoms with E-state index >= 15 is 0 Å². The third kappa shape index (κ3) is 6.44. The number of rotatable bonds is 13. The first-order chi connectivity index (χ1) is 16.0. The number of likely N-dealkylation sites (N-methyl/N-ethyl adjacent to an activating group) is 1. The Morgan fingerprint density at radius 2 is 1.85 bits per heavy atom. The van der Waals surface area contributed by atoms with Gasteiger partial charge in [0.25, 0.3) is 0 Å². The van der Waals surface area contributed by atoms with E-state index in [9.17, 15) is 0 Å². The standard InChI is InChI=1S/C23H35N9O/c1-5-32(6-2)10-9-24-20-13-21(26-22-12-19(29-30-22)16-7-8-16)28-23(27-20)25-14-17-11-18(15(3)4)31-33-17/h11-13,15-16H,5-10,14H2,1-4H3,(H4,24,25,26,27,28,29,30). The monoisotopic (exact) mass is 453 g/mol. The number of nitrogens with zero attached hydrogens (tertiary/aromatic N) is 5. The largest absolute Gasteiger partial charge is 0.369 e. The Kier molecular flexibility index (Phi) is 7.43. The second kappa shape index (κ2) is 10.7. The van der Waals surface area contributed by atoms with Gasteiger partial charge in [0.1, 0.15) is 11.6 Å². The van der Waals surface area contributed by atoms with Crippen molar-refractivity contribution in [3.8, 4) is 0 Å². The van der Waals surface area contributed by atoms with Crippen LogP contribution < -0.4 is 16.0 Å². The molecule has 10 heteroatoms. The van der Waals surface area contributed by atoms with E-state index in [-0.39, 0.29) is 0 Å². The Morgan fingerprint density at radius 1 is 1.06 bits per heavy atom. The van der Waals surface area contributed by atoms with Crippen LogP contribution in [0.25, 0.3) is 0 Å². The third-order valence-electron chi connectivity index (χ3n) is 5.82. The van der Waals surface area contributed by atoms with Crippen molar-refractivity contribution in [1.29, 1.82) is 0 Å². The zero-order valence-corrected chi connectivity index (χ0v) is 20.0. The predicted octanol–water partition coefficient (Wildman–Crippen LogP) is 4.30. The summed E-state index contributed by atoms with van der Waals surface area (Å²) in [7, 11) is 0. The van der Waals surface area contributed by atoms with Crippen LogP contribution in [-0.4, -0.2) is 56.4 Å². The van der Waals surface area contributed by atoms with Gasteiger partial charge in [-0.2, -0.15) is 15.1 Å². The molecule has 0 aliphatic heterocycles. The maximum absolute atomic E-state index is 5.43. The van der Waals surface area contributed by atoms with Crippen molar-refractivity contribution in [3.05, 3.63) is 35.3 Å². The molecule has 33 heavy (non-hydrogen) atoms. The number of anilines is 4. The van der Waals surface area contributed by atoms with Crippen LogP contribution in [-0.2, 0) is 6.54 Å². The normalized spacial score (nSPS) is 13.6. The van der Waals surface area contributed by atoms with Gasteiger partial charge < -0.3 is 25.4 Å². The third-order valence-corrected chi connectivity index (χ3v) is 5.82. The molecule has 0 spiro atoms. The molecule has 1 aliphatic carbocycles. The first-order valence-corrected chi connectivity index (χ1v) is 11.9. The van der Waals surface area contributed by atoms with E-state index in [1.807, 2.05) is 12.1 Å². The average molecular weight is 454 g/mol. The van der Waals surface area contributed by atoms with E-state index in [0.29, 0.717) is 30.1 Å². The first-order valence-electron chi connectivity index (χ1n) is 11.9. The molecule has 0 bridgehead atoms. The summed E-state index contributed by atoms with van der Waals surface area (Å²) in [6.45, 7) is 12.8. The quantitative estimate of drug-likeness (QED) is 0.300. The lowest BCUT2D eigenvalue weighted by Gasteiger charge is -2.18. The molecule has 10 nitrogen and oxygen atoms in total. The fourth-order valence-electron chi connectivity index (χ4n) is 3.55. The number of H-pyrrole nitrogens is 1. The lowest BCUT2D eigenvalue weighted by molar-refractivity contribution is 0.316. The highest BCUT2D eigenvalue weighted by atomic mass is 16.5. The Balaban J connectivity index is 1.45. The van der Waals surface area contributed by atoms with E-state index in [2.05, 4.69) is 79.9 Å². The molecule has 0 aromatic carbocycles. The van der Waals surface area contributed by atoms with E-state index in [0.717, 1.165) is 49.3 Å². The fourth-order valence-corrected chi connectivity index (χ4v) is 3.55. The SMILES string of the molecule is CCN(CC)CCNc1cc(Nc2cc(C3CC3)[nH]n2)nc(NCc2cc(C(C)C)no2)n1. The van der Waals surface area contributed by atoms with E-state index in [1.165, 1.54) is 18.5 Å². The van der Waals surface area contributed by atoms with Gasteiger partial charge in [-0.1, -0.05) is 32.9 Å². The van der Waals surface area contributed by atoms with Gasteiger partial charge in [0.05, 0.1) is 12.2 Å². The van der Waals surface area contributed by atoms with Crippen molar-refractivity contribution in [1.82, 2.24) is 30.2 Å². The fraction of sp³-hybridized carbons (Fsp3) is 0.565. The Labute approximate surface area is 194 Å². The van der Waals surface area contributed by atoms with Crippen LogP contribution >= 0.6 is 0 Å². The molecule has 4 N–H and O–H groups in total. The minimum Gasteiger partial charge on any atom is -0.369 e. The van der Waals surface area contributed by atoms with E-state index in [1.54, 1.807) is 0 Å². The molecular formula is C23H35N9O. The molecule has 3 heterocycles. The molecule has 0 radical (unpaired) electrons. The molecule has 0 unspecified atom stereocenters. The average Bonchev–Trinajstić information content (AvgIpc) is 3.36. The summed E-state index contributed by atoms with van der Waals surface area (Å²) in [4.78, 5) is 11.6. The van der Waals surface area contributed by atoms with E-state index in [4.69, 9.17) is 4.52 Å². The van der Waals surface area contributed by atoms with Gasteiger partial charge in [-0.3, -0.25) is 5.10 Å². The van der Waals surface area contributed by atoms with Crippen LogP contribution in [0.1, 0.15) is 69.5 Å². The summed E-state index contributed by atoms with van der Waals surface area (Å²) in [5.41, 5.74) is 2.11. The molecule has 3 aromatic rings. The lowest BCUT2D eigenvalue weighted by Crippen LogP contribution is -2.28. The minimum atomic E-state index is 0.322. The van der Waals surface area contributed by atoms with Crippen molar-refractivity contribution in [2.45, 2.75) is 58.9 Å². The van der Waals surface area contributed by atoms with Crippen LogP contribution in [0.3, 0.4) is 0 Å².